The Labute approximate surface area is 299 Å². The summed E-state index contributed by atoms with van der Waals surface area (Å²) in [6, 6.07) is 59.8. The number of fused-ring (bicyclic) bond motifs is 6. The summed E-state index contributed by atoms with van der Waals surface area (Å²) in [6.07, 6.45) is 0. The Balaban J connectivity index is 1.27. The Morgan fingerprint density at radius 2 is 1.10 bits per heavy atom. The summed E-state index contributed by atoms with van der Waals surface area (Å²) >= 11 is 0. The third kappa shape index (κ3) is 4.70. The third-order valence-corrected chi connectivity index (χ3v) is 9.93. The van der Waals surface area contributed by atoms with Gasteiger partial charge >= 0.3 is 0 Å². The van der Waals surface area contributed by atoms with Crippen LogP contribution in [-0.2, 0) is 0 Å². The van der Waals surface area contributed by atoms with Gasteiger partial charge in [0.15, 0.2) is 0 Å². The minimum atomic E-state index is -2.17. The zero-order valence-corrected chi connectivity index (χ0v) is 27.5. The van der Waals surface area contributed by atoms with Crippen molar-refractivity contribution in [1.82, 2.24) is 9.55 Å². The first-order chi connectivity index (χ1) is 26.4. The summed E-state index contributed by atoms with van der Waals surface area (Å²) < 4.78 is 32.9. The molecular weight excluding hydrogens is 621 g/mol. The monoisotopic (exact) mass is 655 g/mol. The summed E-state index contributed by atoms with van der Waals surface area (Å²) in [5.41, 5.74) is 11.9. The maximum atomic E-state index is 7.87. The van der Waals surface area contributed by atoms with E-state index in [1.807, 2.05) is 36.4 Å². The fraction of sp³-hybridized carbons (Fsp3) is 0.0208. The van der Waals surface area contributed by atoms with Crippen molar-refractivity contribution >= 4 is 43.7 Å². The Hall–Kier alpha value is -6.71. The fourth-order valence-electron chi connectivity index (χ4n) is 7.65. The van der Waals surface area contributed by atoms with Crippen LogP contribution in [0.1, 0.15) is 9.68 Å². The van der Waals surface area contributed by atoms with Crippen LogP contribution < -0.4 is 0 Å². The molecule has 0 atom stereocenters. The number of aromatic nitrogens is 2. The second-order valence-electron chi connectivity index (χ2n) is 12.9. The molecule has 2 heterocycles. The Kier molecular flexibility index (Phi) is 6.02. The van der Waals surface area contributed by atoms with Gasteiger partial charge in [-0.3, -0.25) is 4.57 Å². The highest BCUT2D eigenvalue weighted by molar-refractivity contribution is 6.23. The molecule has 3 heteroatoms. The molecule has 240 valence electrons. The number of nitrogens with zero attached hydrogens (tertiary/aromatic N) is 2. The maximum Gasteiger partial charge on any atom is 0.149 e. The molecule has 0 radical (unpaired) electrons. The zero-order valence-electron chi connectivity index (χ0n) is 30.5. The van der Waals surface area contributed by atoms with E-state index in [9.17, 15) is 0 Å². The first-order valence-corrected chi connectivity index (χ1v) is 17.1. The summed E-state index contributed by atoms with van der Waals surface area (Å²) in [5.74, 6) is 0.784. The minimum Gasteiger partial charge on any atom is -0.455 e. The van der Waals surface area contributed by atoms with E-state index >= 15 is 0 Å². The van der Waals surface area contributed by atoms with Crippen molar-refractivity contribution in [3.8, 4) is 50.5 Å². The number of benzene rings is 8. The van der Waals surface area contributed by atoms with E-state index < -0.39 is 6.85 Å². The smallest absolute Gasteiger partial charge is 0.149 e. The Bertz CT molecular complexity index is 2960. The van der Waals surface area contributed by atoms with Gasteiger partial charge in [0.2, 0.25) is 0 Å². The van der Waals surface area contributed by atoms with Crippen molar-refractivity contribution in [2.24, 2.45) is 0 Å². The fourth-order valence-corrected chi connectivity index (χ4v) is 7.65. The molecule has 0 N–H and O–H groups in total. The molecule has 0 unspecified atom stereocenters. The van der Waals surface area contributed by atoms with E-state index in [0.29, 0.717) is 5.56 Å². The van der Waals surface area contributed by atoms with Crippen LogP contribution in [-0.4, -0.2) is 9.55 Å². The second kappa shape index (κ2) is 11.7. The number of furan rings is 1. The van der Waals surface area contributed by atoms with E-state index in [4.69, 9.17) is 13.5 Å². The molecule has 0 aliphatic rings. The van der Waals surface area contributed by atoms with Gasteiger partial charge in [-0.2, -0.15) is 0 Å². The van der Waals surface area contributed by atoms with Crippen LogP contribution in [0.5, 0.6) is 0 Å². The van der Waals surface area contributed by atoms with E-state index in [0.717, 1.165) is 94.2 Å². The molecule has 3 nitrogen and oxygen atoms in total. The number of hydrogen-bond acceptors (Lipinski definition) is 2. The molecule has 0 aliphatic carbocycles. The van der Waals surface area contributed by atoms with Crippen LogP contribution in [0.4, 0.5) is 0 Å². The van der Waals surface area contributed by atoms with Crippen LogP contribution >= 0.6 is 0 Å². The quantitative estimate of drug-likeness (QED) is 0.185. The summed E-state index contributed by atoms with van der Waals surface area (Å²) in [4.78, 5) is 5.36. The number of imidazole rings is 1. The van der Waals surface area contributed by atoms with Gasteiger partial charge in [0.05, 0.1) is 22.3 Å². The van der Waals surface area contributed by atoms with E-state index in [2.05, 4.69) is 132 Å². The van der Waals surface area contributed by atoms with Crippen LogP contribution in [0.25, 0.3) is 94.2 Å². The van der Waals surface area contributed by atoms with Crippen molar-refractivity contribution in [3.05, 3.63) is 181 Å². The SMILES string of the molecule is [2H]C([2H])([2H])c1ccc(-c2cc3oc4c(-c5nc6ccccc6n5-c5c(-c6ccccc6)cccc5-c5ccccc5)cccc4c3c3ccccc23)cc1. The first-order valence-electron chi connectivity index (χ1n) is 18.6. The van der Waals surface area contributed by atoms with Crippen molar-refractivity contribution in [2.75, 3.05) is 0 Å². The predicted octanol–water partition coefficient (Wildman–Crippen LogP) is 13.1. The molecule has 0 aliphatic heterocycles. The molecule has 10 rings (SSSR count). The normalized spacial score (nSPS) is 12.7. The molecule has 0 amide bonds. The van der Waals surface area contributed by atoms with E-state index in [1.165, 1.54) is 0 Å². The molecule has 0 fully saturated rings. The lowest BCUT2D eigenvalue weighted by Crippen LogP contribution is -2.03. The van der Waals surface area contributed by atoms with Gasteiger partial charge < -0.3 is 4.42 Å². The summed E-state index contributed by atoms with van der Waals surface area (Å²) in [7, 11) is 0. The third-order valence-electron chi connectivity index (χ3n) is 9.93. The maximum absolute atomic E-state index is 7.87. The molecule has 0 bridgehead atoms. The van der Waals surface area contributed by atoms with Crippen LogP contribution in [0.3, 0.4) is 0 Å². The Morgan fingerprint density at radius 3 is 1.82 bits per heavy atom. The predicted molar refractivity (Wildman–Crippen MR) is 212 cm³/mol. The number of rotatable bonds is 5. The van der Waals surface area contributed by atoms with Crippen molar-refractivity contribution < 1.29 is 8.53 Å². The summed E-state index contributed by atoms with van der Waals surface area (Å²) in [6.45, 7) is -2.17. The molecular formula is C48H32N2O. The lowest BCUT2D eigenvalue weighted by atomic mass is 9.94. The molecule has 0 saturated carbocycles. The number of para-hydroxylation sites is 4. The average molecular weight is 656 g/mol. The van der Waals surface area contributed by atoms with E-state index in [1.54, 1.807) is 12.1 Å². The first kappa shape index (κ1) is 26.2. The van der Waals surface area contributed by atoms with Gasteiger partial charge in [-0.1, -0.05) is 157 Å². The molecule has 2 aromatic heterocycles. The van der Waals surface area contributed by atoms with Crippen LogP contribution in [0.15, 0.2) is 180 Å². The van der Waals surface area contributed by atoms with Gasteiger partial charge in [0.1, 0.15) is 17.0 Å². The highest BCUT2D eigenvalue weighted by atomic mass is 16.3. The standard InChI is InChI=1S/C48H32N2O/c1-31-26-28-34(29-27-31)41-30-44-45(38-19-9-8-18-37(38)41)39-22-13-23-40(47(39)51-44)48-49-42-24-10-11-25-43(42)50(48)46-35(32-14-4-2-5-15-32)20-12-21-36(46)33-16-6-3-7-17-33/h2-30H,1H3/i1D3. The van der Waals surface area contributed by atoms with Gasteiger partial charge in [-0.05, 0) is 64.1 Å². The number of aryl methyl sites for hydroxylation is 1. The highest BCUT2D eigenvalue weighted by Gasteiger charge is 2.24. The van der Waals surface area contributed by atoms with Gasteiger partial charge in [-0.25, -0.2) is 4.98 Å². The van der Waals surface area contributed by atoms with Crippen molar-refractivity contribution in [3.63, 3.8) is 0 Å². The zero-order chi connectivity index (χ0) is 36.4. The van der Waals surface area contributed by atoms with Crippen molar-refractivity contribution in [1.29, 1.82) is 0 Å². The van der Waals surface area contributed by atoms with Gasteiger partial charge in [0, 0.05) is 26.0 Å². The lowest BCUT2D eigenvalue weighted by molar-refractivity contribution is 0.670. The Morgan fingerprint density at radius 1 is 0.510 bits per heavy atom. The topological polar surface area (TPSA) is 31.0 Å². The van der Waals surface area contributed by atoms with E-state index in [-0.39, 0.29) is 0 Å². The van der Waals surface area contributed by atoms with Gasteiger partial charge in [-0.15, -0.1) is 0 Å². The summed E-state index contributed by atoms with van der Waals surface area (Å²) in [5, 5.41) is 4.16. The highest BCUT2D eigenvalue weighted by Crippen LogP contribution is 2.45. The minimum absolute atomic E-state index is 0.317. The lowest BCUT2D eigenvalue weighted by Gasteiger charge is -2.19. The molecule has 0 spiro atoms. The van der Waals surface area contributed by atoms with Gasteiger partial charge in [0.25, 0.3) is 0 Å². The molecule has 0 saturated heterocycles. The van der Waals surface area contributed by atoms with Crippen molar-refractivity contribution in [2.45, 2.75) is 6.85 Å². The largest absolute Gasteiger partial charge is 0.455 e. The molecule has 51 heavy (non-hydrogen) atoms. The van der Waals surface area contributed by atoms with Crippen LogP contribution in [0.2, 0.25) is 0 Å². The average Bonchev–Trinajstić information content (AvgIpc) is 3.79. The molecule has 8 aromatic carbocycles. The number of hydrogen-bond donors (Lipinski definition) is 0. The molecule has 10 aromatic rings. The second-order valence-corrected chi connectivity index (χ2v) is 12.9. The van der Waals surface area contributed by atoms with Crippen LogP contribution in [0, 0.1) is 6.85 Å².